The Morgan fingerprint density at radius 3 is 2.24 bits per heavy atom. The van der Waals surface area contributed by atoms with Gasteiger partial charge in [-0.05, 0) is 65.5 Å². The SMILES string of the molecule is Cc1c(-c2c3ccc([Si](C)(C)C)cc3cc[n+]2C)cc(-c2ccccc2)cc1C1CCCC1. The van der Waals surface area contributed by atoms with E-state index in [2.05, 4.69) is 111 Å². The van der Waals surface area contributed by atoms with Crippen molar-refractivity contribution in [2.45, 2.75) is 58.2 Å². The van der Waals surface area contributed by atoms with Crippen molar-refractivity contribution in [1.29, 1.82) is 0 Å². The maximum atomic E-state index is 2.48. The molecule has 0 aliphatic heterocycles. The molecule has 1 aliphatic carbocycles. The van der Waals surface area contributed by atoms with Crippen LogP contribution in [-0.4, -0.2) is 8.07 Å². The molecule has 0 N–H and O–H groups in total. The van der Waals surface area contributed by atoms with Crippen LogP contribution in [0.25, 0.3) is 33.2 Å². The van der Waals surface area contributed by atoms with Gasteiger partial charge in [-0.3, -0.25) is 0 Å². The first-order valence-electron chi connectivity index (χ1n) is 12.5. The molecule has 0 atom stereocenters. The number of aromatic nitrogens is 1. The van der Waals surface area contributed by atoms with Gasteiger partial charge in [0.25, 0.3) is 0 Å². The van der Waals surface area contributed by atoms with E-state index in [1.165, 1.54) is 69.6 Å². The summed E-state index contributed by atoms with van der Waals surface area (Å²) < 4.78 is 2.33. The molecule has 0 spiro atoms. The summed E-state index contributed by atoms with van der Waals surface area (Å²) in [7, 11) is 0.841. The van der Waals surface area contributed by atoms with Crippen LogP contribution in [-0.2, 0) is 7.05 Å². The van der Waals surface area contributed by atoms with Crippen LogP contribution >= 0.6 is 0 Å². The largest absolute Gasteiger partial charge is 0.220 e. The Labute approximate surface area is 200 Å². The van der Waals surface area contributed by atoms with E-state index < -0.39 is 8.07 Å². The second kappa shape index (κ2) is 8.57. The number of fused-ring (bicyclic) bond motifs is 1. The standard InChI is InChI=1S/C31H36NSi/c1-22-29(24-13-9-10-14-24)20-26(23-11-7-6-8-12-23)21-30(22)31-28-16-15-27(33(3,4)5)19-25(28)17-18-32(31)2/h6-8,11-12,15-21,24H,9-10,13-14H2,1-5H3/q+1. The van der Waals surface area contributed by atoms with Gasteiger partial charge in [0.1, 0.15) is 7.05 Å². The van der Waals surface area contributed by atoms with E-state index in [1.807, 2.05) is 0 Å². The predicted octanol–water partition coefficient (Wildman–Crippen LogP) is 7.51. The van der Waals surface area contributed by atoms with Gasteiger partial charge >= 0.3 is 0 Å². The lowest BCUT2D eigenvalue weighted by atomic mass is 9.85. The van der Waals surface area contributed by atoms with Crippen molar-refractivity contribution in [3.63, 3.8) is 0 Å². The normalized spacial score (nSPS) is 14.8. The molecule has 1 saturated carbocycles. The van der Waals surface area contributed by atoms with Crippen LogP contribution in [0.1, 0.15) is 42.7 Å². The van der Waals surface area contributed by atoms with Gasteiger partial charge in [-0.15, -0.1) is 0 Å². The summed E-state index contributed by atoms with van der Waals surface area (Å²) in [4.78, 5) is 0. The molecular formula is C31H36NSi+. The molecular weight excluding hydrogens is 414 g/mol. The number of aryl methyl sites for hydroxylation is 1. The van der Waals surface area contributed by atoms with E-state index >= 15 is 0 Å². The fourth-order valence-corrected chi connectivity index (χ4v) is 6.79. The van der Waals surface area contributed by atoms with Crippen molar-refractivity contribution in [3.05, 3.63) is 84.1 Å². The Bertz CT molecular complexity index is 1310. The molecule has 2 heteroatoms. The number of pyridine rings is 1. The number of benzene rings is 3. The molecule has 168 valence electrons. The third kappa shape index (κ3) is 4.17. The third-order valence-electron chi connectivity index (χ3n) is 7.61. The van der Waals surface area contributed by atoms with Crippen LogP contribution in [0.2, 0.25) is 19.6 Å². The third-order valence-corrected chi connectivity index (χ3v) is 9.65. The summed E-state index contributed by atoms with van der Waals surface area (Å²) in [6.45, 7) is 9.64. The predicted molar refractivity (Wildman–Crippen MR) is 145 cm³/mol. The van der Waals surface area contributed by atoms with Gasteiger partial charge in [0.15, 0.2) is 6.20 Å². The summed E-state index contributed by atoms with van der Waals surface area (Å²) in [5.74, 6) is 0.686. The van der Waals surface area contributed by atoms with Crippen LogP contribution < -0.4 is 9.75 Å². The molecule has 4 aromatic rings. The molecule has 1 aliphatic rings. The van der Waals surface area contributed by atoms with Gasteiger partial charge in [0.2, 0.25) is 5.69 Å². The van der Waals surface area contributed by atoms with Crippen molar-refractivity contribution < 1.29 is 4.57 Å². The van der Waals surface area contributed by atoms with Crippen molar-refractivity contribution >= 4 is 24.0 Å². The lowest BCUT2D eigenvalue weighted by Gasteiger charge is -2.20. The minimum Gasteiger partial charge on any atom is -0.200 e. The summed E-state index contributed by atoms with van der Waals surface area (Å²) in [6.07, 6.45) is 7.60. The molecule has 0 unspecified atom stereocenters. The van der Waals surface area contributed by atoms with Crippen LogP contribution in [0.5, 0.6) is 0 Å². The highest BCUT2D eigenvalue weighted by Crippen LogP contribution is 2.41. The Morgan fingerprint density at radius 1 is 0.818 bits per heavy atom. The second-order valence-corrected chi connectivity index (χ2v) is 16.0. The minimum absolute atomic E-state index is 0.686. The van der Waals surface area contributed by atoms with Crippen LogP contribution in [0.15, 0.2) is 72.9 Å². The molecule has 1 nitrogen and oxygen atoms in total. The van der Waals surface area contributed by atoms with Crippen LogP contribution in [0, 0.1) is 6.92 Å². The van der Waals surface area contributed by atoms with Gasteiger partial charge in [-0.25, -0.2) is 4.57 Å². The van der Waals surface area contributed by atoms with E-state index in [4.69, 9.17) is 0 Å². The first kappa shape index (κ1) is 22.1. The van der Waals surface area contributed by atoms with Gasteiger partial charge in [-0.1, -0.05) is 86.2 Å². The quantitative estimate of drug-likeness (QED) is 0.224. The Morgan fingerprint density at radius 2 is 1.55 bits per heavy atom. The highest BCUT2D eigenvalue weighted by Gasteiger charge is 2.26. The summed E-state index contributed by atoms with van der Waals surface area (Å²) in [6, 6.07) is 25.3. The molecule has 1 fully saturated rings. The van der Waals surface area contributed by atoms with Gasteiger partial charge in [-0.2, -0.15) is 0 Å². The highest BCUT2D eigenvalue weighted by molar-refractivity contribution is 6.88. The molecule has 1 heterocycles. The zero-order valence-corrected chi connectivity index (χ0v) is 21.8. The average Bonchev–Trinajstić information content (AvgIpc) is 3.34. The average molecular weight is 451 g/mol. The van der Waals surface area contributed by atoms with Crippen LogP contribution in [0.3, 0.4) is 0 Å². The number of hydrogen-bond donors (Lipinski definition) is 0. The summed E-state index contributed by atoms with van der Waals surface area (Å²) >= 11 is 0. The molecule has 3 aromatic carbocycles. The van der Waals surface area contributed by atoms with E-state index in [0.717, 1.165) is 0 Å². The monoisotopic (exact) mass is 450 g/mol. The molecule has 0 amide bonds. The lowest BCUT2D eigenvalue weighted by Crippen LogP contribution is -2.37. The maximum Gasteiger partial charge on any atom is 0.220 e. The van der Waals surface area contributed by atoms with Crippen molar-refractivity contribution in [2.24, 2.45) is 7.05 Å². The van der Waals surface area contributed by atoms with Crippen LogP contribution in [0.4, 0.5) is 0 Å². The molecule has 0 radical (unpaired) electrons. The summed E-state index contributed by atoms with van der Waals surface area (Å²) in [5.41, 5.74) is 8.38. The van der Waals surface area contributed by atoms with E-state index in [0.29, 0.717) is 5.92 Å². The Balaban J connectivity index is 1.78. The van der Waals surface area contributed by atoms with Gasteiger partial charge in [0, 0.05) is 6.07 Å². The number of rotatable bonds is 4. The first-order chi connectivity index (χ1) is 15.8. The highest BCUT2D eigenvalue weighted by atomic mass is 28.3. The van der Waals surface area contributed by atoms with Crippen molar-refractivity contribution in [3.8, 4) is 22.4 Å². The fraction of sp³-hybridized carbons (Fsp3) is 0.323. The number of hydrogen-bond acceptors (Lipinski definition) is 0. The lowest BCUT2D eigenvalue weighted by molar-refractivity contribution is -0.659. The molecule has 1 aromatic heterocycles. The van der Waals surface area contributed by atoms with Crippen molar-refractivity contribution in [1.82, 2.24) is 0 Å². The van der Waals surface area contributed by atoms with E-state index in [1.54, 1.807) is 5.56 Å². The maximum absolute atomic E-state index is 2.48. The first-order valence-corrected chi connectivity index (χ1v) is 16.0. The minimum atomic E-state index is -1.36. The smallest absolute Gasteiger partial charge is 0.200 e. The van der Waals surface area contributed by atoms with E-state index in [9.17, 15) is 0 Å². The number of nitrogens with zero attached hydrogens (tertiary/aromatic N) is 1. The van der Waals surface area contributed by atoms with Crippen molar-refractivity contribution in [2.75, 3.05) is 0 Å². The zero-order valence-electron chi connectivity index (χ0n) is 20.8. The van der Waals surface area contributed by atoms with Gasteiger partial charge < -0.3 is 0 Å². The van der Waals surface area contributed by atoms with Gasteiger partial charge in [0.05, 0.1) is 19.0 Å². The molecule has 5 rings (SSSR count). The zero-order chi connectivity index (χ0) is 23.2. The molecule has 0 saturated heterocycles. The fourth-order valence-electron chi connectivity index (χ4n) is 5.62. The topological polar surface area (TPSA) is 3.88 Å². The van der Waals surface area contributed by atoms with E-state index in [-0.39, 0.29) is 0 Å². The molecule has 33 heavy (non-hydrogen) atoms. The second-order valence-electron chi connectivity index (χ2n) is 10.9. The Hall–Kier alpha value is -2.71. The Kier molecular flexibility index (Phi) is 5.74. The molecule has 0 bridgehead atoms. The summed E-state index contributed by atoms with van der Waals surface area (Å²) in [5, 5.41) is 4.24.